The number of hydrogen-bond donors (Lipinski definition) is 6. The number of Topliss-reactive ketones (excluding diaryl/α,β-unsaturated/α-hetero) is 1. The number of ether oxygens (including phenoxy) is 2. The van der Waals surface area contributed by atoms with Crippen molar-refractivity contribution in [3.05, 3.63) is 0 Å². The van der Waals surface area contributed by atoms with Gasteiger partial charge in [-0.2, -0.15) is 0 Å². The van der Waals surface area contributed by atoms with Crippen molar-refractivity contribution >= 4 is 41.4 Å². The van der Waals surface area contributed by atoms with E-state index in [0.717, 1.165) is 51.4 Å². The number of carbonyl (C=O) groups is 7. The molecule has 0 saturated heterocycles. The fraction of sp³-hybridized carbons (Fsp3) is 0.800. The molecule has 0 fully saturated rings. The summed E-state index contributed by atoms with van der Waals surface area (Å²) in [5.74, 6) is -5.00. The maximum Gasteiger partial charge on any atom is 0.326 e. The van der Waals surface area contributed by atoms with Crippen LogP contribution < -0.4 is 16.0 Å². The minimum Gasteiger partial charge on any atom is -0.481 e. The van der Waals surface area contributed by atoms with Crippen LogP contribution >= 0.6 is 0 Å². The lowest BCUT2D eigenvalue weighted by molar-refractivity contribution is -0.143. The molecule has 0 saturated carbocycles. The van der Waals surface area contributed by atoms with E-state index in [0.29, 0.717) is 6.42 Å². The predicted octanol–water partition coefficient (Wildman–Crippen LogP) is 3.75. The molecule has 6 N–H and O–H groups in total. The van der Waals surface area contributed by atoms with E-state index in [1.54, 1.807) is 0 Å². The Labute approximate surface area is 296 Å². The molecule has 15 heteroatoms. The van der Waals surface area contributed by atoms with E-state index in [1.807, 2.05) is 0 Å². The summed E-state index contributed by atoms with van der Waals surface area (Å²) in [7, 11) is 0. The molecule has 0 aromatic carbocycles. The molecule has 3 amide bonds. The number of rotatable bonds is 35. The fourth-order valence-corrected chi connectivity index (χ4v) is 5.07. The average Bonchev–Trinajstić information content (AvgIpc) is 3.05. The van der Waals surface area contributed by atoms with Crippen molar-refractivity contribution in [1.29, 1.82) is 0 Å². The quantitative estimate of drug-likeness (QED) is 0.0515. The van der Waals surface area contributed by atoms with E-state index in [-0.39, 0.29) is 77.3 Å². The maximum absolute atomic E-state index is 12.4. The summed E-state index contributed by atoms with van der Waals surface area (Å²) >= 11 is 0. The first kappa shape index (κ1) is 46.4. The lowest BCUT2D eigenvalue weighted by Gasteiger charge is -2.17. The molecular formula is C35H61N3O12. The Bertz CT molecular complexity index is 1010. The van der Waals surface area contributed by atoms with Crippen LogP contribution in [0.1, 0.15) is 135 Å². The topological polar surface area (TPSA) is 235 Å². The minimum atomic E-state index is -1.35. The molecular weight excluding hydrogens is 654 g/mol. The molecule has 50 heavy (non-hydrogen) atoms. The van der Waals surface area contributed by atoms with E-state index in [2.05, 4.69) is 16.0 Å². The zero-order chi connectivity index (χ0) is 37.4. The van der Waals surface area contributed by atoms with Crippen LogP contribution in [0, 0.1) is 0 Å². The van der Waals surface area contributed by atoms with Crippen molar-refractivity contribution in [2.45, 2.75) is 147 Å². The maximum atomic E-state index is 12.4. The van der Waals surface area contributed by atoms with Gasteiger partial charge >= 0.3 is 17.9 Å². The number of aliphatic carboxylic acids is 3. The van der Waals surface area contributed by atoms with Crippen molar-refractivity contribution in [3.8, 4) is 0 Å². The van der Waals surface area contributed by atoms with E-state index < -0.39 is 47.7 Å². The second-order valence-electron chi connectivity index (χ2n) is 12.6. The standard InChI is InChI=1S/C35H61N3O12/c1-27(39)26-50-25-24-49-23-22-36-30(40)20-18-28(34(45)46)38-32(42)21-19-29(35(47)48)37-31(41)16-14-12-10-8-6-4-2-3-5-7-9-11-13-15-17-33(43)44/h28-29H,2-26H2,1H3,(H,36,40)(H,37,41)(H,38,42)(H,43,44)(H,45,46)(H,47,48)/t28-,29-/m0/s1. The number of ketones is 1. The first-order chi connectivity index (χ1) is 23.9. The highest BCUT2D eigenvalue weighted by molar-refractivity contribution is 5.86. The van der Waals surface area contributed by atoms with Gasteiger partial charge < -0.3 is 40.7 Å². The Hall–Kier alpha value is -3.59. The van der Waals surface area contributed by atoms with Crippen molar-refractivity contribution in [3.63, 3.8) is 0 Å². The minimum absolute atomic E-state index is 0.00455. The summed E-state index contributed by atoms with van der Waals surface area (Å²) in [6, 6.07) is -2.64. The van der Waals surface area contributed by atoms with Gasteiger partial charge in [0.05, 0.1) is 19.8 Å². The Kier molecular flexibility index (Phi) is 29.1. The fourth-order valence-electron chi connectivity index (χ4n) is 5.07. The highest BCUT2D eigenvalue weighted by Crippen LogP contribution is 2.14. The molecule has 15 nitrogen and oxygen atoms in total. The molecule has 0 aromatic heterocycles. The highest BCUT2D eigenvalue weighted by atomic mass is 16.5. The first-order valence-corrected chi connectivity index (χ1v) is 18.1. The van der Waals surface area contributed by atoms with Gasteiger partial charge in [-0.1, -0.05) is 77.0 Å². The molecule has 0 spiro atoms. The molecule has 0 radical (unpaired) electrons. The molecule has 0 bridgehead atoms. The zero-order valence-electron chi connectivity index (χ0n) is 29.8. The van der Waals surface area contributed by atoms with Gasteiger partial charge in [0.15, 0.2) is 5.78 Å². The van der Waals surface area contributed by atoms with Gasteiger partial charge in [-0.15, -0.1) is 0 Å². The largest absolute Gasteiger partial charge is 0.481 e. The number of hydrogen-bond acceptors (Lipinski definition) is 9. The summed E-state index contributed by atoms with van der Waals surface area (Å²) in [5, 5.41) is 34.9. The molecule has 0 aliphatic heterocycles. The predicted molar refractivity (Wildman–Crippen MR) is 184 cm³/mol. The number of nitrogens with one attached hydrogen (secondary N) is 3. The zero-order valence-corrected chi connectivity index (χ0v) is 29.8. The van der Waals surface area contributed by atoms with Gasteiger partial charge in [0, 0.05) is 32.2 Å². The van der Waals surface area contributed by atoms with Crippen LogP contribution in [-0.4, -0.2) is 102 Å². The monoisotopic (exact) mass is 715 g/mol. The van der Waals surface area contributed by atoms with Crippen LogP contribution in [-0.2, 0) is 43.0 Å². The van der Waals surface area contributed by atoms with Gasteiger partial charge in [0.1, 0.15) is 18.7 Å². The van der Waals surface area contributed by atoms with E-state index >= 15 is 0 Å². The Morgan fingerprint density at radius 1 is 0.500 bits per heavy atom. The molecule has 0 aliphatic rings. The Morgan fingerprint density at radius 2 is 0.900 bits per heavy atom. The third kappa shape index (κ3) is 30.5. The van der Waals surface area contributed by atoms with Crippen LogP contribution in [0.25, 0.3) is 0 Å². The van der Waals surface area contributed by atoms with Gasteiger partial charge in [0.2, 0.25) is 17.7 Å². The van der Waals surface area contributed by atoms with Crippen molar-refractivity contribution in [2.75, 3.05) is 33.0 Å². The Balaban J connectivity index is 4.04. The van der Waals surface area contributed by atoms with Crippen LogP contribution in [0.3, 0.4) is 0 Å². The van der Waals surface area contributed by atoms with Crippen LogP contribution in [0.5, 0.6) is 0 Å². The SMILES string of the molecule is CC(=O)COCCOCCNC(=O)CC[C@H](NC(=O)CC[C@H](NC(=O)CCCCCCCCCCCCCCCCC(=O)O)C(=O)O)C(=O)O. The van der Waals surface area contributed by atoms with Gasteiger partial charge in [-0.05, 0) is 32.6 Å². The molecule has 0 aromatic rings. The molecule has 0 heterocycles. The third-order valence-corrected chi connectivity index (χ3v) is 7.88. The second-order valence-corrected chi connectivity index (χ2v) is 12.6. The summed E-state index contributed by atoms with van der Waals surface area (Å²) in [6.45, 7) is 2.27. The number of carbonyl (C=O) groups excluding carboxylic acids is 4. The number of amides is 3. The summed E-state index contributed by atoms with van der Waals surface area (Å²) in [4.78, 5) is 81.3. The molecule has 0 rings (SSSR count). The highest BCUT2D eigenvalue weighted by Gasteiger charge is 2.24. The van der Waals surface area contributed by atoms with Crippen molar-refractivity contribution in [1.82, 2.24) is 16.0 Å². The van der Waals surface area contributed by atoms with E-state index in [1.165, 1.54) is 39.0 Å². The lowest BCUT2D eigenvalue weighted by Crippen LogP contribution is -2.44. The van der Waals surface area contributed by atoms with Crippen LogP contribution in [0.15, 0.2) is 0 Å². The average molecular weight is 716 g/mol. The molecule has 0 aliphatic carbocycles. The smallest absolute Gasteiger partial charge is 0.326 e. The third-order valence-electron chi connectivity index (χ3n) is 7.88. The van der Waals surface area contributed by atoms with Gasteiger partial charge in [0.25, 0.3) is 0 Å². The number of unbranched alkanes of at least 4 members (excludes halogenated alkanes) is 13. The van der Waals surface area contributed by atoms with Gasteiger partial charge in [-0.25, -0.2) is 9.59 Å². The molecule has 2 atom stereocenters. The summed E-state index contributed by atoms with van der Waals surface area (Å²) in [5.41, 5.74) is 0. The number of carboxylic acids is 3. The van der Waals surface area contributed by atoms with E-state index in [4.69, 9.17) is 14.6 Å². The van der Waals surface area contributed by atoms with Crippen molar-refractivity contribution in [2.24, 2.45) is 0 Å². The molecule has 0 unspecified atom stereocenters. The molecule has 288 valence electrons. The first-order valence-electron chi connectivity index (χ1n) is 18.1. The van der Waals surface area contributed by atoms with Crippen molar-refractivity contribution < 1.29 is 58.4 Å². The normalized spacial score (nSPS) is 12.1. The second kappa shape index (κ2) is 31.4. The Morgan fingerprint density at radius 3 is 1.34 bits per heavy atom. The summed E-state index contributed by atoms with van der Waals surface area (Å²) < 4.78 is 10.3. The van der Waals surface area contributed by atoms with Crippen LogP contribution in [0.4, 0.5) is 0 Å². The van der Waals surface area contributed by atoms with Gasteiger partial charge in [-0.3, -0.25) is 24.0 Å². The van der Waals surface area contributed by atoms with E-state index in [9.17, 15) is 43.8 Å². The number of carboxylic acid groups (broad SMARTS) is 3. The summed E-state index contributed by atoms with van der Waals surface area (Å²) in [6.07, 6.45) is 14.2. The van der Waals surface area contributed by atoms with Crippen LogP contribution in [0.2, 0.25) is 0 Å². The lowest BCUT2D eigenvalue weighted by atomic mass is 10.0.